The molecule has 0 saturated heterocycles. The third-order valence-electron chi connectivity index (χ3n) is 1.47. The lowest BCUT2D eigenvalue weighted by Gasteiger charge is -2.01. The van der Waals surface area contributed by atoms with Gasteiger partial charge in [0.2, 0.25) is 0 Å². The van der Waals surface area contributed by atoms with Gasteiger partial charge in [0.1, 0.15) is 0 Å². The van der Waals surface area contributed by atoms with E-state index < -0.39 is 6.03 Å². The number of nitrogens with zero attached hydrogens (tertiary/aromatic N) is 1. The fraction of sp³-hybridized carbons (Fsp3) is 0.714. The van der Waals surface area contributed by atoms with Crippen molar-refractivity contribution in [3.63, 3.8) is 0 Å². The molecule has 0 aromatic carbocycles. The Bertz CT molecular complexity index is 145. The van der Waals surface area contributed by atoms with Crippen LogP contribution in [0.25, 0.3) is 0 Å². The summed E-state index contributed by atoms with van der Waals surface area (Å²) < 4.78 is 0. The Morgan fingerprint density at radius 2 is 2.45 bits per heavy atom. The fourth-order valence-corrected chi connectivity index (χ4v) is 0.509. The third-order valence-corrected chi connectivity index (χ3v) is 1.47. The van der Waals surface area contributed by atoms with Crippen LogP contribution in [0.4, 0.5) is 4.79 Å². The van der Waals surface area contributed by atoms with E-state index >= 15 is 0 Å². The van der Waals surface area contributed by atoms with Gasteiger partial charge < -0.3 is 5.73 Å². The number of hydrogen-bond acceptors (Lipinski definition) is 2. The smallest absolute Gasteiger partial charge is 0.332 e. The molecule has 0 unspecified atom stereocenters. The monoisotopic (exact) mass is 157 g/mol. The highest BCUT2D eigenvalue weighted by molar-refractivity contribution is 5.72. The number of amides is 2. The first kappa shape index (κ1) is 9.94. The molecule has 0 aliphatic carbocycles. The van der Waals surface area contributed by atoms with E-state index in [0.29, 0.717) is 5.92 Å². The summed E-state index contributed by atoms with van der Waals surface area (Å²) in [6.07, 6.45) is 3.65. The molecular weight excluding hydrogens is 142 g/mol. The van der Waals surface area contributed by atoms with Crippen LogP contribution in [0.15, 0.2) is 5.10 Å². The Hall–Kier alpha value is -1.06. The Labute approximate surface area is 66.8 Å². The van der Waals surface area contributed by atoms with E-state index in [9.17, 15) is 4.79 Å². The van der Waals surface area contributed by atoms with Crippen LogP contribution >= 0.6 is 0 Å². The van der Waals surface area contributed by atoms with E-state index in [0.717, 1.165) is 12.8 Å². The zero-order valence-electron chi connectivity index (χ0n) is 7.00. The number of hydrazone groups is 1. The normalized spacial score (nSPS) is 13.3. The van der Waals surface area contributed by atoms with E-state index in [1.54, 1.807) is 6.21 Å². The topological polar surface area (TPSA) is 67.5 Å². The molecule has 0 rings (SSSR count). The minimum Gasteiger partial charge on any atom is -0.350 e. The number of urea groups is 1. The molecule has 0 radical (unpaired) electrons. The molecule has 2 amide bonds. The first-order valence-corrected chi connectivity index (χ1v) is 3.73. The molecule has 11 heavy (non-hydrogen) atoms. The predicted molar refractivity (Wildman–Crippen MR) is 45.3 cm³/mol. The lowest BCUT2D eigenvalue weighted by atomic mass is 10.1. The number of nitrogens with one attached hydrogen (secondary N) is 1. The summed E-state index contributed by atoms with van der Waals surface area (Å²) >= 11 is 0. The maximum absolute atomic E-state index is 10.1. The Balaban J connectivity index is 3.36. The van der Waals surface area contributed by atoms with E-state index in [2.05, 4.69) is 24.4 Å². The Morgan fingerprint density at radius 1 is 1.82 bits per heavy atom. The standard InChI is InChI=1S/C7H15N3O/c1-3-6(2)4-5-9-10-7(8)11/h5-6H,3-4H2,1-2H3,(H3,8,10,11)/b9-5+/t6-/m1/s1. The maximum Gasteiger partial charge on any atom is 0.332 e. The van der Waals surface area contributed by atoms with Crippen molar-refractivity contribution in [1.82, 2.24) is 5.43 Å². The van der Waals surface area contributed by atoms with Gasteiger partial charge in [0.05, 0.1) is 0 Å². The van der Waals surface area contributed by atoms with Crippen LogP contribution in [-0.2, 0) is 0 Å². The maximum atomic E-state index is 10.1. The molecule has 0 aliphatic heterocycles. The Morgan fingerprint density at radius 3 is 2.91 bits per heavy atom. The molecule has 0 spiro atoms. The van der Waals surface area contributed by atoms with Crippen LogP contribution in [0.3, 0.4) is 0 Å². The second-order valence-corrected chi connectivity index (χ2v) is 2.54. The predicted octanol–water partition coefficient (Wildman–Crippen LogP) is 1.08. The molecule has 64 valence electrons. The van der Waals surface area contributed by atoms with E-state index in [4.69, 9.17) is 5.73 Å². The number of nitrogens with two attached hydrogens (primary N) is 1. The van der Waals surface area contributed by atoms with Crippen LogP contribution in [0.5, 0.6) is 0 Å². The van der Waals surface area contributed by atoms with Crippen molar-refractivity contribution in [2.24, 2.45) is 16.8 Å². The lowest BCUT2D eigenvalue weighted by Crippen LogP contribution is -2.24. The van der Waals surface area contributed by atoms with E-state index in [1.165, 1.54) is 0 Å². The largest absolute Gasteiger partial charge is 0.350 e. The zero-order chi connectivity index (χ0) is 8.69. The van der Waals surface area contributed by atoms with Crippen molar-refractivity contribution in [1.29, 1.82) is 0 Å². The zero-order valence-corrected chi connectivity index (χ0v) is 7.00. The molecule has 0 bridgehead atoms. The molecule has 3 N–H and O–H groups in total. The van der Waals surface area contributed by atoms with Gasteiger partial charge in [-0.15, -0.1) is 0 Å². The SMILES string of the molecule is CC[C@@H](C)C/C=N/NC(N)=O. The summed E-state index contributed by atoms with van der Waals surface area (Å²) in [6, 6.07) is -0.620. The Kier molecular flexibility index (Phi) is 5.15. The van der Waals surface area contributed by atoms with Crippen LogP contribution < -0.4 is 11.2 Å². The molecule has 0 heterocycles. The first-order chi connectivity index (χ1) is 5.16. The fourth-order valence-electron chi connectivity index (χ4n) is 0.509. The quantitative estimate of drug-likeness (QED) is 0.465. The highest BCUT2D eigenvalue weighted by Gasteiger charge is 1.93. The summed E-state index contributed by atoms with van der Waals surface area (Å²) in [5, 5.41) is 3.61. The van der Waals surface area contributed by atoms with Crippen LogP contribution in [0.2, 0.25) is 0 Å². The average molecular weight is 157 g/mol. The lowest BCUT2D eigenvalue weighted by molar-refractivity contribution is 0.249. The molecule has 4 heteroatoms. The molecular formula is C7H15N3O. The van der Waals surface area contributed by atoms with Crippen molar-refractivity contribution in [3.05, 3.63) is 0 Å². The highest BCUT2D eigenvalue weighted by atomic mass is 16.2. The van der Waals surface area contributed by atoms with Crippen molar-refractivity contribution in [2.75, 3.05) is 0 Å². The second-order valence-electron chi connectivity index (χ2n) is 2.54. The summed E-state index contributed by atoms with van der Waals surface area (Å²) in [4.78, 5) is 10.1. The number of primary amides is 1. The minimum absolute atomic E-state index is 0.605. The van der Waals surface area contributed by atoms with Crippen LogP contribution in [0.1, 0.15) is 26.7 Å². The first-order valence-electron chi connectivity index (χ1n) is 3.73. The van der Waals surface area contributed by atoms with Crippen LogP contribution in [0, 0.1) is 5.92 Å². The van der Waals surface area contributed by atoms with Gasteiger partial charge in [-0.1, -0.05) is 20.3 Å². The van der Waals surface area contributed by atoms with Gasteiger partial charge in [-0.05, 0) is 12.3 Å². The highest BCUT2D eigenvalue weighted by Crippen LogP contribution is 2.02. The van der Waals surface area contributed by atoms with E-state index in [1.807, 2.05) is 0 Å². The van der Waals surface area contributed by atoms with Crippen LogP contribution in [-0.4, -0.2) is 12.2 Å². The van der Waals surface area contributed by atoms with Crippen molar-refractivity contribution < 1.29 is 4.79 Å². The summed E-state index contributed by atoms with van der Waals surface area (Å²) in [5.41, 5.74) is 6.91. The molecule has 0 aromatic rings. The molecule has 0 fully saturated rings. The number of rotatable bonds is 4. The molecule has 0 saturated carbocycles. The van der Waals surface area contributed by atoms with E-state index in [-0.39, 0.29) is 0 Å². The van der Waals surface area contributed by atoms with Gasteiger partial charge in [-0.3, -0.25) is 0 Å². The molecule has 0 aliphatic rings. The third kappa shape index (κ3) is 6.83. The van der Waals surface area contributed by atoms with Gasteiger partial charge in [0.15, 0.2) is 0 Å². The average Bonchev–Trinajstić information content (AvgIpc) is 1.97. The van der Waals surface area contributed by atoms with Gasteiger partial charge in [0.25, 0.3) is 0 Å². The van der Waals surface area contributed by atoms with Gasteiger partial charge in [-0.2, -0.15) is 5.10 Å². The second kappa shape index (κ2) is 5.70. The van der Waals surface area contributed by atoms with Gasteiger partial charge >= 0.3 is 6.03 Å². The number of carbonyl (C=O) groups excluding carboxylic acids is 1. The molecule has 0 aromatic heterocycles. The number of carbonyl (C=O) groups is 1. The molecule has 4 nitrogen and oxygen atoms in total. The molecule has 1 atom stereocenters. The van der Waals surface area contributed by atoms with Crippen molar-refractivity contribution in [3.8, 4) is 0 Å². The summed E-state index contributed by atoms with van der Waals surface area (Å²) in [6.45, 7) is 4.23. The van der Waals surface area contributed by atoms with Gasteiger partial charge in [-0.25, -0.2) is 10.2 Å². The minimum atomic E-state index is -0.620. The van der Waals surface area contributed by atoms with Crippen molar-refractivity contribution >= 4 is 12.2 Å². The number of hydrogen-bond donors (Lipinski definition) is 2. The van der Waals surface area contributed by atoms with Crippen molar-refractivity contribution in [2.45, 2.75) is 26.7 Å². The summed E-state index contributed by atoms with van der Waals surface area (Å²) in [7, 11) is 0. The summed E-state index contributed by atoms with van der Waals surface area (Å²) in [5.74, 6) is 0.605. The van der Waals surface area contributed by atoms with Gasteiger partial charge in [0, 0.05) is 6.21 Å².